The molecule has 6 heteroatoms. The van der Waals surface area contributed by atoms with E-state index in [-0.39, 0.29) is 11.3 Å². The average Bonchev–Trinajstić information content (AvgIpc) is 3.06. The van der Waals surface area contributed by atoms with Gasteiger partial charge in [-0.2, -0.15) is 0 Å². The predicted octanol–water partition coefficient (Wildman–Crippen LogP) is 6.34. The molecule has 5 nitrogen and oxygen atoms in total. The lowest BCUT2D eigenvalue weighted by Crippen LogP contribution is -2.68. The zero-order valence-electron chi connectivity index (χ0n) is 20.9. The quantitative estimate of drug-likeness (QED) is 0.409. The average molecular weight is 503 g/mol. The summed E-state index contributed by atoms with van der Waals surface area (Å²) in [5.41, 5.74) is 3.39. The Bertz CT molecular complexity index is 1320. The Balaban J connectivity index is 1.45. The normalized spacial score (nSPS) is 20.1. The molecule has 3 aromatic carbocycles. The van der Waals surface area contributed by atoms with Crippen molar-refractivity contribution in [2.24, 2.45) is 0 Å². The number of carbonyl (C=O) groups excluding carboxylic acids is 1. The highest BCUT2D eigenvalue weighted by molar-refractivity contribution is 6.30. The summed E-state index contributed by atoms with van der Waals surface area (Å²) in [4.78, 5) is 15.0. The van der Waals surface area contributed by atoms with E-state index in [9.17, 15) is 4.79 Å². The van der Waals surface area contributed by atoms with E-state index in [0.29, 0.717) is 42.7 Å². The lowest BCUT2D eigenvalue weighted by molar-refractivity contribution is -0.124. The standard InChI is InChI=1S/C30H31ClN2O3/c1-4-35-27-19-21(12-13-26(27)36-20-22-8-7-9-23(31)18-22)14-16-30-29(2,3)24-10-5-6-11-25(24)33(30)17-15-28(34)32-30/h5-14,16,18-19H,4,15,17,20H2,1-3H3,(H,32,34)/b16-14+/t30-/m0/s1. The Hall–Kier alpha value is -3.44. The molecule has 0 bridgehead atoms. The van der Waals surface area contributed by atoms with E-state index >= 15 is 0 Å². The Morgan fingerprint density at radius 2 is 1.86 bits per heavy atom. The molecule has 3 aromatic rings. The molecule has 36 heavy (non-hydrogen) atoms. The number of nitrogens with zero attached hydrogens (tertiary/aromatic N) is 1. The molecule has 0 aliphatic carbocycles. The fourth-order valence-electron chi connectivity index (χ4n) is 5.34. The van der Waals surface area contributed by atoms with Crippen molar-refractivity contribution in [3.05, 3.63) is 94.5 Å². The number of para-hydroxylation sites is 1. The molecule has 186 valence electrons. The summed E-state index contributed by atoms with van der Waals surface area (Å²) < 4.78 is 12.0. The topological polar surface area (TPSA) is 50.8 Å². The third-order valence-electron chi connectivity index (χ3n) is 7.21. The molecule has 2 aliphatic rings. The van der Waals surface area contributed by atoms with Gasteiger partial charge >= 0.3 is 0 Å². The van der Waals surface area contributed by atoms with Gasteiger partial charge in [0.2, 0.25) is 5.91 Å². The smallest absolute Gasteiger partial charge is 0.223 e. The Labute approximate surface area is 217 Å². The van der Waals surface area contributed by atoms with Crippen molar-refractivity contribution in [3.8, 4) is 11.5 Å². The van der Waals surface area contributed by atoms with Gasteiger partial charge in [-0.3, -0.25) is 4.79 Å². The van der Waals surface area contributed by atoms with E-state index in [2.05, 4.69) is 60.5 Å². The van der Waals surface area contributed by atoms with Crippen LogP contribution in [0.3, 0.4) is 0 Å². The Morgan fingerprint density at radius 1 is 1.03 bits per heavy atom. The van der Waals surface area contributed by atoms with Crippen molar-refractivity contribution < 1.29 is 14.3 Å². The molecule has 5 rings (SSSR count). The minimum atomic E-state index is -0.653. The molecule has 1 atom stereocenters. The summed E-state index contributed by atoms with van der Waals surface area (Å²) in [6.07, 6.45) is 4.67. The predicted molar refractivity (Wildman–Crippen MR) is 145 cm³/mol. The van der Waals surface area contributed by atoms with Gasteiger partial charge < -0.3 is 19.7 Å². The molecule has 1 amide bonds. The number of nitrogens with one attached hydrogen (secondary N) is 1. The highest BCUT2D eigenvalue weighted by atomic mass is 35.5. The van der Waals surface area contributed by atoms with Crippen LogP contribution in [0.5, 0.6) is 11.5 Å². The molecule has 1 saturated heterocycles. The van der Waals surface area contributed by atoms with E-state index in [4.69, 9.17) is 21.1 Å². The number of ether oxygens (including phenoxy) is 2. The maximum atomic E-state index is 12.6. The highest BCUT2D eigenvalue weighted by Crippen LogP contribution is 2.52. The zero-order chi connectivity index (χ0) is 25.3. The van der Waals surface area contributed by atoms with Crippen molar-refractivity contribution in [1.82, 2.24) is 5.32 Å². The third kappa shape index (κ3) is 4.22. The monoisotopic (exact) mass is 502 g/mol. The SMILES string of the molecule is CCOc1cc(/C=C/[C@]23NC(=O)CCN2c2ccccc2C3(C)C)ccc1OCc1cccc(Cl)c1. The summed E-state index contributed by atoms with van der Waals surface area (Å²) in [5.74, 6) is 1.42. The summed E-state index contributed by atoms with van der Waals surface area (Å²) >= 11 is 6.11. The van der Waals surface area contributed by atoms with Gasteiger partial charge in [0.05, 0.1) is 6.61 Å². The second-order valence-electron chi connectivity index (χ2n) is 9.75. The summed E-state index contributed by atoms with van der Waals surface area (Å²) in [6, 6.07) is 22.0. The molecular weight excluding hydrogens is 472 g/mol. The minimum absolute atomic E-state index is 0.0662. The first kappa shape index (κ1) is 24.3. The number of benzene rings is 3. The molecule has 0 aromatic heterocycles. The molecule has 1 fully saturated rings. The van der Waals surface area contributed by atoms with E-state index < -0.39 is 5.66 Å². The first-order chi connectivity index (χ1) is 17.3. The van der Waals surface area contributed by atoms with Crippen LogP contribution in [0, 0.1) is 0 Å². The van der Waals surface area contributed by atoms with E-state index in [0.717, 1.165) is 11.1 Å². The molecule has 2 aliphatic heterocycles. The maximum Gasteiger partial charge on any atom is 0.223 e. The number of anilines is 1. The van der Waals surface area contributed by atoms with Crippen LogP contribution in [0.4, 0.5) is 5.69 Å². The summed E-state index contributed by atoms with van der Waals surface area (Å²) in [6.45, 7) is 7.94. The van der Waals surface area contributed by atoms with Gasteiger partial charge in [-0.15, -0.1) is 0 Å². The third-order valence-corrected chi connectivity index (χ3v) is 7.44. The molecule has 0 spiro atoms. The maximum absolute atomic E-state index is 12.6. The highest BCUT2D eigenvalue weighted by Gasteiger charge is 2.57. The van der Waals surface area contributed by atoms with Crippen LogP contribution in [0.25, 0.3) is 6.08 Å². The largest absolute Gasteiger partial charge is 0.490 e. The van der Waals surface area contributed by atoms with Crippen LogP contribution < -0.4 is 19.7 Å². The van der Waals surface area contributed by atoms with Crippen molar-refractivity contribution in [2.75, 3.05) is 18.1 Å². The molecule has 1 N–H and O–H groups in total. The van der Waals surface area contributed by atoms with Crippen LogP contribution in [0.2, 0.25) is 5.02 Å². The number of rotatable bonds is 7. The fraction of sp³-hybridized carbons (Fsp3) is 0.300. The van der Waals surface area contributed by atoms with E-state index in [1.807, 2.05) is 49.4 Å². The van der Waals surface area contributed by atoms with E-state index in [1.54, 1.807) is 0 Å². The molecule has 0 unspecified atom stereocenters. The molecule has 0 radical (unpaired) electrons. The van der Waals surface area contributed by atoms with Gasteiger partial charge in [0.15, 0.2) is 11.5 Å². The van der Waals surface area contributed by atoms with Crippen molar-refractivity contribution in [1.29, 1.82) is 0 Å². The fourth-order valence-corrected chi connectivity index (χ4v) is 5.55. The Morgan fingerprint density at radius 3 is 2.67 bits per heavy atom. The van der Waals surface area contributed by atoms with Gasteiger partial charge in [-0.1, -0.05) is 67.9 Å². The van der Waals surface area contributed by atoms with Gasteiger partial charge in [0, 0.05) is 29.1 Å². The van der Waals surface area contributed by atoms with E-state index in [1.165, 1.54) is 11.3 Å². The van der Waals surface area contributed by atoms with Crippen molar-refractivity contribution in [3.63, 3.8) is 0 Å². The summed E-state index contributed by atoms with van der Waals surface area (Å²) in [5, 5.41) is 4.01. The van der Waals surface area contributed by atoms with Crippen molar-refractivity contribution >= 4 is 29.3 Å². The first-order valence-corrected chi connectivity index (χ1v) is 12.7. The van der Waals surface area contributed by atoms with Crippen LogP contribution in [0.15, 0.2) is 72.8 Å². The number of carbonyl (C=O) groups is 1. The first-order valence-electron chi connectivity index (χ1n) is 12.4. The number of hydrogen-bond donors (Lipinski definition) is 1. The van der Waals surface area contributed by atoms with Gasteiger partial charge in [-0.05, 0) is 60.0 Å². The minimum Gasteiger partial charge on any atom is -0.490 e. The Kier molecular flexibility index (Phi) is 6.44. The van der Waals surface area contributed by atoms with Crippen LogP contribution >= 0.6 is 11.6 Å². The zero-order valence-corrected chi connectivity index (χ0v) is 21.6. The number of fused-ring (bicyclic) bond motifs is 3. The molecule has 0 saturated carbocycles. The molecular formula is C30H31ClN2O3. The number of halogens is 1. The second-order valence-corrected chi connectivity index (χ2v) is 10.2. The van der Waals surface area contributed by atoms with Crippen molar-refractivity contribution in [2.45, 2.75) is 44.9 Å². The second kappa shape index (κ2) is 9.55. The van der Waals surface area contributed by atoms with Gasteiger partial charge in [0.25, 0.3) is 0 Å². The number of amides is 1. The van der Waals surface area contributed by atoms with Crippen LogP contribution in [0.1, 0.15) is 43.9 Å². The lowest BCUT2D eigenvalue weighted by atomic mass is 9.74. The number of hydrogen-bond acceptors (Lipinski definition) is 4. The van der Waals surface area contributed by atoms with Crippen LogP contribution in [-0.4, -0.2) is 24.7 Å². The van der Waals surface area contributed by atoms with Crippen LogP contribution in [-0.2, 0) is 16.8 Å². The van der Waals surface area contributed by atoms with Gasteiger partial charge in [0.1, 0.15) is 12.3 Å². The molecule has 2 heterocycles. The lowest BCUT2D eigenvalue weighted by Gasteiger charge is -2.49. The van der Waals surface area contributed by atoms with Gasteiger partial charge in [-0.25, -0.2) is 0 Å². The summed E-state index contributed by atoms with van der Waals surface area (Å²) in [7, 11) is 0.